The SMILES string of the molecule is Cc1ccccc1.O=C(O)C[C@H](Cc1ccc(-c2ccc(CCO)s2)cc1)C(=O)O. The van der Waals surface area contributed by atoms with Gasteiger partial charge in [0.2, 0.25) is 0 Å². The van der Waals surface area contributed by atoms with Crippen molar-refractivity contribution in [3.05, 3.63) is 82.7 Å². The zero-order chi connectivity index (χ0) is 21.9. The summed E-state index contributed by atoms with van der Waals surface area (Å²) in [6.07, 6.45) is 0.451. The number of hydrogen-bond donors (Lipinski definition) is 3. The first-order chi connectivity index (χ1) is 14.4. The van der Waals surface area contributed by atoms with E-state index in [2.05, 4.69) is 19.1 Å². The lowest BCUT2D eigenvalue weighted by Gasteiger charge is -2.10. The number of aliphatic hydroxyl groups excluding tert-OH is 1. The predicted molar refractivity (Wildman–Crippen MR) is 119 cm³/mol. The minimum absolute atomic E-state index is 0.124. The Kier molecular flexibility index (Phi) is 9.25. The topological polar surface area (TPSA) is 94.8 Å². The fourth-order valence-electron chi connectivity index (χ4n) is 2.86. The van der Waals surface area contributed by atoms with Gasteiger partial charge in [0.25, 0.3) is 0 Å². The Morgan fingerprint density at radius 2 is 1.60 bits per heavy atom. The van der Waals surface area contributed by atoms with Crippen LogP contribution >= 0.6 is 11.3 Å². The molecule has 2 aromatic carbocycles. The molecule has 3 rings (SSSR count). The average Bonchev–Trinajstić information content (AvgIpc) is 3.18. The number of aryl methyl sites for hydroxylation is 1. The second-order valence-electron chi connectivity index (χ2n) is 6.93. The summed E-state index contributed by atoms with van der Waals surface area (Å²) >= 11 is 1.61. The lowest BCUT2D eigenvalue weighted by atomic mass is 9.95. The van der Waals surface area contributed by atoms with E-state index in [1.165, 1.54) is 5.56 Å². The van der Waals surface area contributed by atoms with Crippen LogP contribution < -0.4 is 0 Å². The van der Waals surface area contributed by atoms with E-state index < -0.39 is 17.9 Å². The van der Waals surface area contributed by atoms with Crippen LogP contribution in [0.25, 0.3) is 10.4 Å². The number of hydrogen-bond acceptors (Lipinski definition) is 4. The van der Waals surface area contributed by atoms with Gasteiger partial charge in [0.1, 0.15) is 0 Å². The Morgan fingerprint density at radius 1 is 0.933 bits per heavy atom. The van der Waals surface area contributed by atoms with E-state index in [1.807, 2.05) is 54.6 Å². The van der Waals surface area contributed by atoms with Crippen LogP contribution in [0.3, 0.4) is 0 Å². The summed E-state index contributed by atoms with van der Waals surface area (Å²) in [6, 6.07) is 21.7. The standard InChI is InChI=1S/C17H18O5S.C7H8/c18-8-7-14-5-6-15(23-14)12-3-1-11(2-4-12)9-13(17(21)22)10-16(19)20;1-7-5-3-2-4-6-7/h1-6,13,18H,7-10H2,(H,19,20)(H,21,22);2-6H,1H3/t13-;/m0./s1. The molecular formula is C24H26O5S. The molecule has 30 heavy (non-hydrogen) atoms. The molecule has 3 aromatic rings. The first-order valence-electron chi connectivity index (χ1n) is 9.64. The zero-order valence-electron chi connectivity index (χ0n) is 16.8. The number of thiophene rings is 1. The normalized spacial score (nSPS) is 11.3. The number of rotatable bonds is 8. The fraction of sp³-hybridized carbons (Fsp3) is 0.250. The van der Waals surface area contributed by atoms with Crippen molar-refractivity contribution in [1.82, 2.24) is 0 Å². The second-order valence-corrected chi connectivity index (χ2v) is 8.10. The molecule has 0 saturated carbocycles. The van der Waals surface area contributed by atoms with Gasteiger partial charge < -0.3 is 15.3 Å². The Bertz CT molecular complexity index is 932. The van der Waals surface area contributed by atoms with Gasteiger partial charge in [-0.15, -0.1) is 11.3 Å². The van der Waals surface area contributed by atoms with Crippen molar-refractivity contribution in [1.29, 1.82) is 0 Å². The summed E-state index contributed by atoms with van der Waals surface area (Å²) in [5, 5.41) is 26.8. The van der Waals surface area contributed by atoms with Crippen LogP contribution in [0.4, 0.5) is 0 Å². The van der Waals surface area contributed by atoms with Gasteiger partial charge in [0.15, 0.2) is 0 Å². The monoisotopic (exact) mass is 426 g/mol. The molecular weight excluding hydrogens is 400 g/mol. The van der Waals surface area contributed by atoms with Crippen molar-refractivity contribution in [2.24, 2.45) is 5.92 Å². The molecule has 1 heterocycles. The minimum Gasteiger partial charge on any atom is -0.481 e. The Morgan fingerprint density at radius 3 is 2.10 bits per heavy atom. The molecule has 0 aliphatic heterocycles. The van der Waals surface area contributed by atoms with Gasteiger partial charge >= 0.3 is 11.9 Å². The number of aliphatic carboxylic acids is 2. The molecule has 1 atom stereocenters. The van der Waals surface area contributed by atoms with Gasteiger partial charge in [-0.05, 0) is 36.6 Å². The third kappa shape index (κ3) is 7.81. The maximum absolute atomic E-state index is 11.1. The number of aliphatic hydroxyl groups is 1. The molecule has 0 aliphatic carbocycles. The summed E-state index contributed by atoms with van der Waals surface area (Å²) in [5.41, 5.74) is 3.14. The molecule has 0 fully saturated rings. The summed E-state index contributed by atoms with van der Waals surface area (Å²) in [7, 11) is 0. The van der Waals surface area contributed by atoms with E-state index in [-0.39, 0.29) is 19.4 Å². The highest BCUT2D eigenvalue weighted by molar-refractivity contribution is 7.15. The smallest absolute Gasteiger partial charge is 0.307 e. The lowest BCUT2D eigenvalue weighted by molar-refractivity contribution is -0.148. The molecule has 3 N–H and O–H groups in total. The van der Waals surface area contributed by atoms with Crippen molar-refractivity contribution in [2.45, 2.75) is 26.2 Å². The second kappa shape index (κ2) is 11.9. The molecule has 0 radical (unpaired) electrons. The quantitative estimate of drug-likeness (QED) is 0.487. The minimum atomic E-state index is -1.11. The Hall–Kier alpha value is -2.96. The number of carboxylic acid groups (broad SMARTS) is 2. The van der Waals surface area contributed by atoms with Crippen LogP contribution in [0, 0.1) is 12.8 Å². The molecule has 0 spiro atoms. The molecule has 0 saturated heterocycles. The van der Waals surface area contributed by atoms with Crippen LogP contribution in [0.2, 0.25) is 0 Å². The van der Waals surface area contributed by atoms with E-state index in [1.54, 1.807) is 11.3 Å². The van der Waals surface area contributed by atoms with Crippen molar-refractivity contribution in [3.63, 3.8) is 0 Å². The van der Waals surface area contributed by atoms with Crippen molar-refractivity contribution >= 4 is 23.3 Å². The zero-order valence-corrected chi connectivity index (χ0v) is 17.6. The Balaban J connectivity index is 0.000000386. The summed E-state index contributed by atoms with van der Waals surface area (Å²) < 4.78 is 0. The third-order valence-corrected chi connectivity index (χ3v) is 5.65. The van der Waals surface area contributed by atoms with E-state index in [4.69, 9.17) is 15.3 Å². The van der Waals surface area contributed by atoms with Gasteiger partial charge in [-0.3, -0.25) is 9.59 Å². The van der Waals surface area contributed by atoms with Crippen LogP contribution in [0.5, 0.6) is 0 Å². The third-order valence-electron chi connectivity index (χ3n) is 4.45. The van der Waals surface area contributed by atoms with E-state index in [0.29, 0.717) is 6.42 Å². The van der Waals surface area contributed by atoms with Gasteiger partial charge in [0.05, 0.1) is 12.3 Å². The van der Waals surface area contributed by atoms with Crippen LogP contribution in [-0.2, 0) is 22.4 Å². The van der Waals surface area contributed by atoms with Gasteiger partial charge in [-0.1, -0.05) is 60.2 Å². The maximum Gasteiger partial charge on any atom is 0.307 e. The predicted octanol–water partition coefficient (Wildman–Crippen LogP) is 4.66. The average molecular weight is 427 g/mol. The maximum atomic E-state index is 11.1. The molecule has 0 unspecified atom stereocenters. The highest BCUT2D eigenvalue weighted by Crippen LogP contribution is 2.29. The van der Waals surface area contributed by atoms with Crippen molar-refractivity contribution in [2.75, 3.05) is 6.61 Å². The highest BCUT2D eigenvalue weighted by atomic mass is 32.1. The number of carboxylic acids is 2. The number of carbonyl (C=O) groups is 2. The van der Waals surface area contributed by atoms with Crippen LogP contribution in [0.1, 0.15) is 22.4 Å². The van der Waals surface area contributed by atoms with Gasteiger partial charge in [0, 0.05) is 22.8 Å². The molecule has 6 heteroatoms. The van der Waals surface area contributed by atoms with E-state index in [0.717, 1.165) is 20.9 Å². The van der Waals surface area contributed by atoms with E-state index in [9.17, 15) is 9.59 Å². The molecule has 1 aromatic heterocycles. The molecule has 0 aliphatic rings. The molecule has 5 nitrogen and oxygen atoms in total. The largest absolute Gasteiger partial charge is 0.481 e. The first-order valence-corrected chi connectivity index (χ1v) is 10.5. The summed E-state index contributed by atoms with van der Waals surface area (Å²) in [4.78, 5) is 24.0. The summed E-state index contributed by atoms with van der Waals surface area (Å²) in [6.45, 7) is 2.21. The first kappa shape index (κ1) is 23.3. The van der Waals surface area contributed by atoms with Crippen molar-refractivity contribution in [3.8, 4) is 10.4 Å². The van der Waals surface area contributed by atoms with Crippen molar-refractivity contribution < 1.29 is 24.9 Å². The number of benzene rings is 2. The van der Waals surface area contributed by atoms with Gasteiger partial charge in [-0.25, -0.2) is 0 Å². The van der Waals surface area contributed by atoms with Gasteiger partial charge in [-0.2, -0.15) is 0 Å². The lowest BCUT2D eigenvalue weighted by Crippen LogP contribution is -2.20. The molecule has 0 amide bonds. The molecule has 0 bridgehead atoms. The fourth-order valence-corrected chi connectivity index (χ4v) is 3.86. The van der Waals surface area contributed by atoms with Crippen LogP contribution in [0.15, 0.2) is 66.7 Å². The Labute approximate surface area is 180 Å². The highest BCUT2D eigenvalue weighted by Gasteiger charge is 2.21. The summed E-state index contributed by atoms with van der Waals surface area (Å²) in [5.74, 6) is -3.12. The van der Waals surface area contributed by atoms with E-state index >= 15 is 0 Å². The van der Waals surface area contributed by atoms with Crippen LogP contribution in [-0.4, -0.2) is 33.9 Å². The molecule has 158 valence electrons.